The lowest BCUT2D eigenvalue weighted by Gasteiger charge is -2.22. The van der Waals surface area contributed by atoms with Gasteiger partial charge in [-0.25, -0.2) is 9.86 Å². The maximum atomic E-state index is 12.7. The second-order valence-electron chi connectivity index (χ2n) is 8.46. The van der Waals surface area contributed by atoms with Crippen molar-refractivity contribution in [1.82, 2.24) is 21.0 Å². The van der Waals surface area contributed by atoms with Crippen LogP contribution in [0, 0.1) is 0 Å². The summed E-state index contributed by atoms with van der Waals surface area (Å²) < 4.78 is 0. The molecule has 2 atom stereocenters. The molecule has 2 aromatic rings. The van der Waals surface area contributed by atoms with E-state index in [-0.39, 0.29) is 19.1 Å². The van der Waals surface area contributed by atoms with Crippen molar-refractivity contribution in [3.05, 3.63) is 59.7 Å². The zero-order chi connectivity index (χ0) is 24.7. The third-order valence-corrected chi connectivity index (χ3v) is 5.66. The number of urea groups is 1. The van der Waals surface area contributed by atoms with Gasteiger partial charge < -0.3 is 21.1 Å². The van der Waals surface area contributed by atoms with Crippen molar-refractivity contribution in [1.29, 1.82) is 0 Å². The van der Waals surface area contributed by atoms with Gasteiger partial charge in [0.1, 0.15) is 6.04 Å². The molecular weight excluding hydrogens is 436 g/mol. The van der Waals surface area contributed by atoms with Crippen molar-refractivity contribution >= 4 is 17.8 Å². The van der Waals surface area contributed by atoms with Gasteiger partial charge in [-0.05, 0) is 55.0 Å². The third kappa shape index (κ3) is 7.03. The van der Waals surface area contributed by atoms with Crippen molar-refractivity contribution in [2.75, 3.05) is 13.1 Å². The highest BCUT2D eigenvalue weighted by Crippen LogP contribution is 2.21. The fraction of sp³-hybridized carbons (Fsp3) is 0.400. The Labute approximate surface area is 199 Å². The number of nitrogens with one attached hydrogen (secondary N) is 3. The second-order valence-corrected chi connectivity index (χ2v) is 8.46. The first-order valence-corrected chi connectivity index (χ1v) is 11.5. The Morgan fingerprint density at radius 2 is 1.62 bits per heavy atom. The lowest BCUT2D eigenvalue weighted by atomic mass is 10.0. The SMILES string of the molecule is CCc1ccc(-c2ccc(C(=O)N[C@H](C(=O)NCCN(O)C(=O)NC3CC3)[C@@H](C)O)cc2)cc1. The van der Waals surface area contributed by atoms with E-state index in [4.69, 9.17) is 0 Å². The summed E-state index contributed by atoms with van der Waals surface area (Å²) in [5.74, 6) is -1.12. The van der Waals surface area contributed by atoms with Crippen molar-refractivity contribution in [2.45, 2.75) is 51.3 Å². The van der Waals surface area contributed by atoms with E-state index in [0.717, 1.165) is 30.4 Å². The molecule has 0 aromatic heterocycles. The number of carbonyl (C=O) groups excluding carboxylic acids is 3. The standard InChI is InChI=1S/C25H32N4O5/c1-3-17-4-6-18(7-5-17)19-8-10-20(11-9-19)23(31)28-22(16(2)30)24(32)26-14-15-29(34)25(33)27-21-12-13-21/h4-11,16,21-22,30,34H,3,12-15H2,1-2H3,(H,26,32)(H,27,33)(H,28,31)/t16-,22+/m1/s1. The molecule has 0 spiro atoms. The smallest absolute Gasteiger partial charge is 0.341 e. The molecule has 1 aliphatic carbocycles. The molecule has 0 bridgehead atoms. The molecule has 0 saturated heterocycles. The molecule has 3 rings (SSSR count). The predicted octanol–water partition coefficient (Wildman–Crippen LogP) is 2.07. The van der Waals surface area contributed by atoms with Crippen molar-refractivity contribution < 1.29 is 24.7 Å². The molecule has 0 radical (unpaired) electrons. The molecule has 9 nitrogen and oxygen atoms in total. The molecule has 1 aliphatic rings. The molecular formula is C25H32N4O5. The molecule has 9 heteroatoms. The van der Waals surface area contributed by atoms with Crippen LogP contribution in [0.5, 0.6) is 0 Å². The number of rotatable bonds is 10. The van der Waals surface area contributed by atoms with Crippen LogP contribution in [0.2, 0.25) is 0 Å². The lowest BCUT2D eigenvalue weighted by molar-refractivity contribution is -0.125. The molecule has 4 amide bonds. The summed E-state index contributed by atoms with van der Waals surface area (Å²) in [5.41, 5.74) is 3.60. The number of hydrogen-bond donors (Lipinski definition) is 5. The molecule has 182 valence electrons. The van der Waals surface area contributed by atoms with Gasteiger partial charge in [-0.15, -0.1) is 0 Å². The Hall–Kier alpha value is -3.43. The first kappa shape index (κ1) is 25.2. The fourth-order valence-corrected chi connectivity index (χ4v) is 3.35. The maximum Gasteiger partial charge on any atom is 0.341 e. The van der Waals surface area contributed by atoms with Crippen LogP contribution in [0.3, 0.4) is 0 Å². The van der Waals surface area contributed by atoms with Crippen LogP contribution in [0.4, 0.5) is 4.79 Å². The van der Waals surface area contributed by atoms with Crippen LogP contribution in [0.25, 0.3) is 11.1 Å². The fourth-order valence-electron chi connectivity index (χ4n) is 3.35. The average Bonchev–Trinajstić information content (AvgIpc) is 3.66. The minimum Gasteiger partial charge on any atom is -0.391 e. The molecule has 34 heavy (non-hydrogen) atoms. The summed E-state index contributed by atoms with van der Waals surface area (Å²) in [7, 11) is 0. The summed E-state index contributed by atoms with van der Waals surface area (Å²) >= 11 is 0. The van der Waals surface area contributed by atoms with Crippen molar-refractivity contribution in [3.8, 4) is 11.1 Å². The maximum absolute atomic E-state index is 12.7. The Kier molecular flexibility index (Phi) is 8.61. The van der Waals surface area contributed by atoms with Crippen LogP contribution in [0.15, 0.2) is 48.5 Å². The average molecular weight is 469 g/mol. The molecule has 0 aliphatic heterocycles. The van der Waals surface area contributed by atoms with E-state index in [0.29, 0.717) is 10.6 Å². The topological polar surface area (TPSA) is 131 Å². The number of benzene rings is 2. The Morgan fingerprint density at radius 1 is 1.03 bits per heavy atom. The van der Waals surface area contributed by atoms with Crippen molar-refractivity contribution in [2.24, 2.45) is 0 Å². The van der Waals surface area contributed by atoms with Gasteiger partial charge in [0.15, 0.2) is 0 Å². The number of aliphatic hydroxyl groups excluding tert-OH is 1. The van der Waals surface area contributed by atoms with E-state index in [2.05, 4.69) is 35.0 Å². The van der Waals surface area contributed by atoms with Crippen LogP contribution >= 0.6 is 0 Å². The van der Waals surface area contributed by atoms with Gasteiger partial charge in [-0.1, -0.05) is 43.3 Å². The second kappa shape index (κ2) is 11.6. The largest absolute Gasteiger partial charge is 0.391 e. The Balaban J connectivity index is 1.52. The van der Waals surface area contributed by atoms with Crippen molar-refractivity contribution in [3.63, 3.8) is 0 Å². The summed E-state index contributed by atoms with van der Waals surface area (Å²) in [6.45, 7) is 3.32. The highest BCUT2D eigenvalue weighted by Gasteiger charge is 2.27. The molecule has 0 heterocycles. The zero-order valence-corrected chi connectivity index (χ0v) is 19.5. The summed E-state index contributed by atoms with van der Waals surface area (Å²) in [4.78, 5) is 36.9. The van der Waals surface area contributed by atoms with Crippen LogP contribution in [-0.2, 0) is 11.2 Å². The molecule has 1 fully saturated rings. The zero-order valence-electron chi connectivity index (χ0n) is 19.5. The minimum atomic E-state index is -1.19. The lowest BCUT2D eigenvalue weighted by Crippen LogP contribution is -2.53. The van der Waals surface area contributed by atoms with E-state index >= 15 is 0 Å². The monoisotopic (exact) mass is 468 g/mol. The van der Waals surface area contributed by atoms with Gasteiger partial charge in [0.25, 0.3) is 5.91 Å². The number of carbonyl (C=O) groups is 3. The van der Waals surface area contributed by atoms with Gasteiger partial charge in [0, 0.05) is 18.2 Å². The van der Waals surface area contributed by atoms with Gasteiger partial charge in [-0.3, -0.25) is 14.8 Å². The number of hydrogen-bond acceptors (Lipinski definition) is 5. The highest BCUT2D eigenvalue weighted by molar-refractivity contribution is 5.98. The normalized spacial score (nSPS) is 14.6. The molecule has 5 N–H and O–H groups in total. The van der Waals surface area contributed by atoms with E-state index in [1.54, 1.807) is 12.1 Å². The van der Waals surface area contributed by atoms with Gasteiger partial charge in [0.05, 0.1) is 12.6 Å². The number of aryl methyl sites for hydroxylation is 1. The van der Waals surface area contributed by atoms with E-state index in [9.17, 15) is 24.7 Å². The van der Waals surface area contributed by atoms with E-state index < -0.39 is 30.0 Å². The Bertz CT molecular complexity index is 987. The number of aliphatic hydroxyl groups is 1. The van der Waals surface area contributed by atoms with Crippen LogP contribution in [-0.4, -0.2) is 64.5 Å². The number of hydroxylamine groups is 2. The molecule has 0 unspecified atom stereocenters. The highest BCUT2D eigenvalue weighted by atomic mass is 16.5. The minimum absolute atomic E-state index is 0.0436. The van der Waals surface area contributed by atoms with Gasteiger partial charge in [-0.2, -0.15) is 0 Å². The van der Waals surface area contributed by atoms with Gasteiger partial charge >= 0.3 is 6.03 Å². The number of nitrogens with zero attached hydrogens (tertiary/aromatic N) is 1. The first-order chi connectivity index (χ1) is 16.3. The van der Waals surface area contributed by atoms with E-state index in [1.807, 2.05) is 24.3 Å². The Morgan fingerprint density at radius 3 is 2.15 bits per heavy atom. The predicted molar refractivity (Wildman–Crippen MR) is 127 cm³/mol. The van der Waals surface area contributed by atoms with E-state index in [1.165, 1.54) is 12.5 Å². The van der Waals surface area contributed by atoms with Crippen LogP contribution in [0.1, 0.15) is 42.6 Å². The number of amides is 4. The molecule has 2 aromatic carbocycles. The first-order valence-electron chi connectivity index (χ1n) is 11.5. The summed E-state index contributed by atoms with van der Waals surface area (Å²) in [6.07, 6.45) is 1.59. The van der Waals surface area contributed by atoms with Gasteiger partial charge in [0.2, 0.25) is 5.91 Å². The summed E-state index contributed by atoms with van der Waals surface area (Å²) in [6, 6.07) is 13.5. The quantitative estimate of drug-likeness (QED) is 0.269. The molecule has 1 saturated carbocycles. The third-order valence-electron chi connectivity index (χ3n) is 5.66. The summed E-state index contributed by atoms with van der Waals surface area (Å²) in [5, 5.41) is 27.9. The van der Waals surface area contributed by atoms with Crippen LogP contribution < -0.4 is 16.0 Å².